The summed E-state index contributed by atoms with van der Waals surface area (Å²) in [5.41, 5.74) is 1.39. The molecule has 1 aromatic heterocycles. The van der Waals surface area contributed by atoms with Crippen LogP contribution in [-0.4, -0.2) is 21.8 Å². The standard InChI is InChI=1S/C20H16Br2N4O4/c1-10-15(20(27)25(24-10)12-6-4-3-5-7-12)16-13-8-11(21)9-14(22)18(13)30-19(23-2)17(16)26(28)29/h3-9,16,23-24H,1-2H3. The maximum absolute atomic E-state index is 13.4. The zero-order valence-corrected chi connectivity index (χ0v) is 19.1. The molecule has 0 amide bonds. The number of benzene rings is 2. The normalized spacial score (nSPS) is 15.5. The van der Waals surface area contributed by atoms with Crippen LogP contribution >= 0.6 is 31.9 Å². The highest BCUT2D eigenvalue weighted by Gasteiger charge is 2.43. The molecule has 154 valence electrons. The molecule has 1 aliphatic heterocycles. The van der Waals surface area contributed by atoms with E-state index in [9.17, 15) is 14.9 Å². The molecule has 2 N–H and O–H groups in total. The van der Waals surface area contributed by atoms with Gasteiger partial charge < -0.3 is 10.1 Å². The van der Waals surface area contributed by atoms with Crippen molar-refractivity contribution in [3.8, 4) is 11.4 Å². The number of aromatic amines is 1. The van der Waals surface area contributed by atoms with Gasteiger partial charge in [-0.05, 0) is 47.1 Å². The summed E-state index contributed by atoms with van der Waals surface area (Å²) in [7, 11) is 1.54. The van der Waals surface area contributed by atoms with Gasteiger partial charge in [-0.15, -0.1) is 0 Å². The summed E-state index contributed by atoms with van der Waals surface area (Å²) in [6, 6.07) is 12.6. The quantitative estimate of drug-likeness (QED) is 0.385. The molecule has 0 saturated carbocycles. The van der Waals surface area contributed by atoms with Gasteiger partial charge in [0.05, 0.1) is 20.6 Å². The number of H-pyrrole nitrogens is 1. The van der Waals surface area contributed by atoms with Crippen LogP contribution in [0, 0.1) is 17.0 Å². The lowest BCUT2D eigenvalue weighted by Crippen LogP contribution is -2.31. The predicted octanol–water partition coefficient (Wildman–Crippen LogP) is 4.19. The van der Waals surface area contributed by atoms with Crippen molar-refractivity contribution in [3.63, 3.8) is 0 Å². The van der Waals surface area contributed by atoms with Gasteiger partial charge >= 0.3 is 5.70 Å². The lowest BCUT2D eigenvalue weighted by atomic mass is 9.86. The van der Waals surface area contributed by atoms with E-state index in [1.807, 2.05) is 18.2 Å². The summed E-state index contributed by atoms with van der Waals surface area (Å²) >= 11 is 6.89. The number of rotatable bonds is 4. The molecule has 0 aliphatic carbocycles. The number of aromatic nitrogens is 2. The highest BCUT2D eigenvalue weighted by atomic mass is 79.9. The van der Waals surface area contributed by atoms with Gasteiger partial charge in [0.15, 0.2) is 0 Å². The Bertz CT molecular complexity index is 1250. The summed E-state index contributed by atoms with van der Waals surface area (Å²) in [4.78, 5) is 25.0. The first-order valence-electron chi connectivity index (χ1n) is 8.93. The molecule has 1 aliphatic rings. The van der Waals surface area contributed by atoms with Crippen LogP contribution in [0.15, 0.2) is 67.8 Å². The largest absolute Gasteiger partial charge is 0.434 e. The van der Waals surface area contributed by atoms with E-state index >= 15 is 0 Å². The number of halogens is 2. The van der Waals surface area contributed by atoms with E-state index < -0.39 is 10.8 Å². The monoisotopic (exact) mass is 534 g/mol. The summed E-state index contributed by atoms with van der Waals surface area (Å²) in [5.74, 6) is -0.523. The number of nitro groups is 1. The third-order valence-corrected chi connectivity index (χ3v) is 5.95. The Morgan fingerprint density at radius 1 is 1.23 bits per heavy atom. The van der Waals surface area contributed by atoms with E-state index in [1.54, 1.807) is 38.2 Å². The van der Waals surface area contributed by atoms with Crippen molar-refractivity contribution in [1.29, 1.82) is 0 Å². The highest BCUT2D eigenvalue weighted by molar-refractivity contribution is 9.11. The number of para-hydroxylation sites is 1. The molecule has 0 radical (unpaired) electrons. The Labute approximate surface area is 187 Å². The first kappa shape index (κ1) is 20.4. The number of nitrogens with zero attached hydrogens (tertiary/aromatic N) is 2. The maximum Gasteiger partial charge on any atom is 0.317 e. The van der Waals surface area contributed by atoms with Crippen LogP contribution in [0.2, 0.25) is 0 Å². The van der Waals surface area contributed by atoms with Crippen molar-refractivity contribution in [2.75, 3.05) is 7.05 Å². The van der Waals surface area contributed by atoms with Crippen LogP contribution in [0.25, 0.3) is 5.69 Å². The molecule has 2 aromatic carbocycles. The number of fused-ring (bicyclic) bond motifs is 1. The summed E-state index contributed by atoms with van der Waals surface area (Å²) in [6.45, 7) is 1.73. The number of aryl methyl sites for hydroxylation is 1. The Hall–Kier alpha value is -2.85. The van der Waals surface area contributed by atoms with Crippen molar-refractivity contribution < 1.29 is 9.66 Å². The molecule has 0 spiro atoms. The third-order valence-electron chi connectivity index (χ3n) is 4.90. The minimum absolute atomic E-state index is 0.00761. The van der Waals surface area contributed by atoms with Crippen LogP contribution in [0.1, 0.15) is 22.7 Å². The molecular weight excluding hydrogens is 520 g/mol. The van der Waals surface area contributed by atoms with Gasteiger partial charge in [-0.3, -0.25) is 20.0 Å². The topological polar surface area (TPSA) is 102 Å². The van der Waals surface area contributed by atoms with Gasteiger partial charge in [-0.25, -0.2) is 4.68 Å². The van der Waals surface area contributed by atoms with E-state index in [0.717, 1.165) is 0 Å². The second-order valence-electron chi connectivity index (χ2n) is 6.69. The number of ether oxygens (including phenoxy) is 1. The Kier molecular flexibility index (Phi) is 5.29. The molecule has 4 rings (SSSR count). The van der Waals surface area contributed by atoms with Crippen LogP contribution in [-0.2, 0) is 0 Å². The van der Waals surface area contributed by atoms with Crippen molar-refractivity contribution in [2.45, 2.75) is 12.8 Å². The average molecular weight is 536 g/mol. The van der Waals surface area contributed by atoms with Gasteiger partial charge in [0, 0.05) is 22.8 Å². The summed E-state index contributed by atoms with van der Waals surface area (Å²) in [6.07, 6.45) is 0. The van der Waals surface area contributed by atoms with Crippen LogP contribution in [0.3, 0.4) is 0 Å². The Balaban J connectivity index is 2.04. The lowest BCUT2D eigenvalue weighted by molar-refractivity contribution is -0.432. The van der Waals surface area contributed by atoms with Gasteiger partial charge in [-0.1, -0.05) is 34.1 Å². The third kappa shape index (κ3) is 3.25. The fraction of sp³-hybridized carbons (Fsp3) is 0.150. The first-order valence-corrected chi connectivity index (χ1v) is 10.5. The zero-order valence-electron chi connectivity index (χ0n) is 15.9. The van der Waals surface area contributed by atoms with Gasteiger partial charge in [0.25, 0.3) is 11.4 Å². The van der Waals surface area contributed by atoms with Crippen LogP contribution in [0.4, 0.5) is 0 Å². The van der Waals surface area contributed by atoms with Crippen molar-refractivity contribution in [3.05, 3.63) is 100 Å². The van der Waals surface area contributed by atoms with Gasteiger partial charge in [-0.2, -0.15) is 0 Å². The Morgan fingerprint density at radius 3 is 2.57 bits per heavy atom. The molecule has 0 fully saturated rings. The Morgan fingerprint density at radius 2 is 1.93 bits per heavy atom. The average Bonchev–Trinajstić information content (AvgIpc) is 3.01. The number of hydrogen-bond donors (Lipinski definition) is 2. The fourth-order valence-electron chi connectivity index (χ4n) is 3.65. The number of allylic oxidation sites excluding steroid dienone is 1. The molecule has 1 atom stereocenters. The molecule has 2 heterocycles. The maximum atomic E-state index is 13.4. The van der Waals surface area contributed by atoms with Crippen molar-refractivity contribution in [2.24, 2.45) is 0 Å². The zero-order chi connectivity index (χ0) is 21.6. The highest BCUT2D eigenvalue weighted by Crippen LogP contribution is 2.47. The fourth-order valence-corrected chi connectivity index (χ4v) is 4.99. The molecule has 3 aromatic rings. The molecule has 0 bridgehead atoms. The lowest BCUT2D eigenvalue weighted by Gasteiger charge is -2.26. The second kappa shape index (κ2) is 7.77. The van der Waals surface area contributed by atoms with E-state index in [2.05, 4.69) is 42.3 Å². The molecule has 10 heteroatoms. The van der Waals surface area contributed by atoms with E-state index in [1.165, 1.54) is 4.68 Å². The SMILES string of the molecule is CNC1=C([N+](=O)[O-])C(c2c(C)[nH]n(-c3ccccc3)c2=O)c2cc(Br)cc(Br)c2O1. The molecule has 8 nitrogen and oxygen atoms in total. The van der Waals surface area contributed by atoms with Crippen LogP contribution in [0.5, 0.6) is 5.75 Å². The van der Waals surface area contributed by atoms with Crippen molar-refractivity contribution in [1.82, 2.24) is 15.1 Å². The van der Waals surface area contributed by atoms with Gasteiger partial charge in [0.1, 0.15) is 11.7 Å². The first-order chi connectivity index (χ1) is 14.3. The van der Waals surface area contributed by atoms with E-state index in [-0.39, 0.29) is 22.7 Å². The smallest absolute Gasteiger partial charge is 0.317 e. The number of nitrogens with one attached hydrogen (secondary N) is 2. The van der Waals surface area contributed by atoms with Crippen molar-refractivity contribution >= 4 is 31.9 Å². The molecular formula is C20H16Br2N4O4. The summed E-state index contributed by atoms with van der Waals surface area (Å²) in [5, 5.41) is 17.9. The molecule has 30 heavy (non-hydrogen) atoms. The van der Waals surface area contributed by atoms with Gasteiger partial charge in [0.2, 0.25) is 0 Å². The minimum atomic E-state index is -0.936. The van der Waals surface area contributed by atoms with E-state index in [4.69, 9.17) is 4.74 Å². The predicted molar refractivity (Wildman–Crippen MR) is 119 cm³/mol. The number of hydrogen-bond acceptors (Lipinski definition) is 5. The van der Waals surface area contributed by atoms with E-state index in [0.29, 0.717) is 31.6 Å². The minimum Gasteiger partial charge on any atom is -0.434 e. The van der Waals surface area contributed by atoms with Crippen LogP contribution < -0.4 is 15.6 Å². The molecule has 0 saturated heterocycles. The molecule has 1 unspecified atom stereocenters. The second-order valence-corrected chi connectivity index (χ2v) is 8.46. The summed E-state index contributed by atoms with van der Waals surface area (Å²) < 4.78 is 8.51.